The van der Waals surface area contributed by atoms with Gasteiger partial charge in [-0.3, -0.25) is 0 Å². The number of anilines is 2. The molecule has 2 aromatic rings. The van der Waals surface area contributed by atoms with Crippen molar-refractivity contribution in [2.75, 3.05) is 10.6 Å². The van der Waals surface area contributed by atoms with Gasteiger partial charge >= 0.3 is 6.03 Å². The fraction of sp³-hybridized carbons (Fsp3) is 0.0714. The van der Waals surface area contributed by atoms with E-state index < -0.39 is 6.03 Å². The van der Waals surface area contributed by atoms with Crippen LogP contribution in [0, 0.1) is 6.92 Å². The number of hydrogen-bond donors (Lipinski definition) is 3. The van der Waals surface area contributed by atoms with E-state index in [1.54, 1.807) is 12.1 Å². The Morgan fingerprint density at radius 3 is 2.43 bits per heavy atom. The lowest BCUT2D eigenvalue weighted by atomic mass is 10.2. The lowest BCUT2D eigenvalue weighted by Crippen LogP contribution is -2.19. The minimum atomic E-state index is -0.434. The molecule has 2 aromatic carbocycles. The molecule has 0 aliphatic carbocycles. The Balaban J connectivity index is 2.07. The summed E-state index contributed by atoms with van der Waals surface area (Å²) in [5.74, 6) is -0.155. The molecule has 0 heterocycles. The number of aryl methyl sites for hydroxylation is 1. The molecule has 0 aromatic heterocycles. The molecule has 0 atom stereocenters. The molecular weight excluding hydrogens is 270 g/mol. The van der Waals surface area contributed by atoms with Crippen LogP contribution in [0.15, 0.2) is 47.6 Å². The van der Waals surface area contributed by atoms with Gasteiger partial charge in [0.1, 0.15) is 5.75 Å². The highest BCUT2D eigenvalue weighted by Gasteiger charge is 2.05. The number of urea groups is 1. The number of amides is 2. The van der Waals surface area contributed by atoms with Crippen LogP contribution < -0.4 is 10.6 Å². The molecule has 0 saturated carbocycles. The Bertz CT molecular complexity index is 706. The van der Waals surface area contributed by atoms with Crippen LogP contribution in [0.1, 0.15) is 5.56 Å². The summed E-state index contributed by atoms with van der Waals surface area (Å²) < 4.78 is 0. The van der Waals surface area contributed by atoms with E-state index in [-0.39, 0.29) is 11.4 Å². The van der Waals surface area contributed by atoms with Crippen LogP contribution in [0.5, 0.6) is 5.75 Å². The van der Waals surface area contributed by atoms with Crippen molar-refractivity contribution >= 4 is 23.1 Å². The zero-order valence-corrected chi connectivity index (χ0v) is 11.2. The monoisotopic (exact) mass is 283 g/mol. The minimum absolute atomic E-state index is 0.0469. The van der Waals surface area contributed by atoms with Crippen molar-refractivity contribution in [2.45, 2.75) is 6.92 Å². The third-order valence-corrected chi connectivity index (χ3v) is 2.70. The number of aromatic hydroxyl groups is 1. The SMILES string of the molecule is Cc1ccc(NC(=O)Nc2ccc(O)c(N=[N+]=[N-])c2)cc1. The van der Waals surface area contributed by atoms with Gasteiger partial charge in [0.05, 0.1) is 5.69 Å². The summed E-state index contributed by atoms with van der Waals surface area (Å²) in [7, 11) is 0. The van der Waals surface area contributed by atoms with Gasteiger partial charge in [0.15, 0.2) is 0 Å². The number of carbonyl (C=O) groups is 1. The number of phenols is 1. The summed E-state index contributed by atoms with van der Waals surface area (Å²) in [6.07, 6.45) is 0. The van der Waals surface area contributed by atoms with E-state index in [2.05, 4.69) is 20.7 Å². The maximum Gasteiger partial charge on any atom is 0.323 e. The van der Waals surface area contributed by atoms with Crippen LogP contribution >= 0.6 is 0 Å². The second kappa shape index (κ2) is 6.31. The third-order valence-electron chi connectivity index (χ3n) is 2.70. The Morgan fingerprint density at radius 1 is 1.14 bits per heavy atom. The topological polar surface area (TPSA) is 110 Å². The Hall–Kier alpha value is -3.18. The fourth-order valence-electron chi connectivity index (χ4n) is 1.66. The molecule has 106 valence electrons. The van der Waals surface area contributed by atoms with E-state index in [1.165, 1.54) is 18.2 Å². The first-order valence-electron chi connectivity index (χ1n) is 6.11. The van der Waals surface area contributed by atoms with Gasteiger partial charge in [-0.15, -0.1) is 0 Å². The van der Waals surface area contributed by atoms with E-state index in [4.69, 9.17) is 5.53 Å². The van der Waals surface area contributed by atoms with Crippen LogP contribution in [-0.4, -0.2) is 11.1 Å². The number of benzene rings is 2. The van der Waals surface area contributed by atoms with Crippen LogP contribution in [0.2, 0.25) is 0 Å². The molecular formula is C14H13N5O2. The van der Waals surface area contributed by atoms with Crippen molar-refractivity contribution in [3.63, 3.8) is 0 Å². The Morgan fingerprint density at radius 2 is 1.76 bits per heavy atom. The zero-order valence-electron chi connectivity index (χ0n) is 11.2. The first-order valence-corrected chi connectivity index (χ1v) is 6.11. The first-order chi connectivity index (χ1) is 10.1. The van der Waals surface area contributed by atoms with Gasteiger partial charge in [0, 0.05) is 16.3 Å². The van der Waals surface area contributed by atoms with E-state index in [0.29, 0.717) is 11.4 Å². The summed E-state index contributed by atoms with van der Waals surface area (Å²) in [6.45, 7) is 1.96. The normalized spacial score (nSPS) is 9.57. The Kier molecular flexibility index (Phi) is 4.28. The van der Waals surface area contributed by atoms with Crippen molar-refractivity contribution in [1.82, 2.24) is 0 Å². The predicted molar refractivity (Wildman–Crippen MR) is 80.7 cm³/mol. The van der Waals surface area contributed by atoms with Gasteiger partial charge in [-0.1, -0.05) is 22.8 Å². The van der Waals surface area contributed by atoms with Crippen LogP contribution in [-0.2, 0) is 0 Å². The molecule has 7 nitrogen and oxygen atoms in total. The molecule has 2 rings (SSSR count). The maximum absolute atomic E-state index is 11.8. The summed E-state index contributed by atoms with van der Waals surface area (Å²) in [5.41, 5.74) is 10.6. The Labute approximate surface area is 120 Å². The van der Waals surface area contributed by atoms with Crippen molar-refractivity contribution in [3.8, 4) is 5.75 Å². The number of rotatable bonds is 3. The van der Waals surface area contributed by atoms with E-state index in [1.807, 2.05) is 19.1 Å². The summed E-state index contributed by atoms with van der Waals surface area (Å²) in [4.78, 5) is 14.4. The van der Waals surface area contributed by atoms with Crippen molar-refractivity contribution < 1.29 is 9.90 Å². The fourth-order valence-corrected chi connectivity index (χ4v) is 1.66. The van der Waals surface area contributed by atoms with E-state index in [0.717, 1.165) is 5.56 Å². The van der Waals surface area contributed by atoms with Gasteiger partial charge in [-0.05, 0) is 42.8 Å². The average Bonchev–Trinajstić information content (AvgIpc) is 2.45. The number of nitrogens with one attached hydrogen (secondary N) is 2. The highest BCUT2D eigenvalue weighted by Crippen LogP contribution is 2.29. The number of azide groups is 1. The molecule has 0 aliphatic rings. The van der Waals surface area contributed by atoms with Gasteiger partial charge < -0.3 is 15.7 Å². The molecule has 0 radical (unpaired) electrons. The molecule has 0 fully saturated rings. The summed E-state index contributed by atoms with van der Waals surface area (Å²) >= 11 is 0. The van der Waals surface area contributed by atoms with Gasteiger partial charge in [0.2, 0.25) is 0 Å². The van der Waals surface area contributed by atoms with Crippen molar-refractivity contribution in [3.05, 3.63) is 58.5 Å². The third kappa shape index (κ3) is 3.89. The number of hydrogen-bond acceptors (Lipinski definition) is 3. The molecule has 2 amide bonds. The van der Waals surface area contributed by atoms with Crippen molar-refractivity contribution in [2.24, 2.45) is 5.11 Å². The largest absolute Gasteiger partial charge is 0.507 e. The van der Waals surface area contributed by atoms with E-state index in [9.17, 15) is 9.90 Å². The quantitative estimate of drug-likeness (QED) is 0.338. The molecule has 0 bridgehead atoms. The second-order valence-electron chi connectivity index (χ2n) is 4.34. The van der Waals surface area contributed by atoms with Crippen LogP contribution in [0.3, 0.4) is 0 Å². The first kappa shape index (κ1) is 14.2. The standard InChI is InChI=1S/C14H13N5O2/c1-9-2-4-10(5-3-9)16-14(21)17-11-6-7-13(20)12(8-11)18-19-15/h2-8,20H,1H3,(H2,16,17,21). The lowest BCUT2D eigenvalue weighted by molar-refractivity contribution is 0.262. The number of carbonyl (C=O) groups excluding carboxylic acids is 1. The summed E-state index contributed by atoms with van der Waals surface area (Å²) in [6, 6.07) is 11.1. The zero-order chi connectivity index (χ0) is 15.2. The lowest BCUT2D eigenvalue weighted by Gasteiger charge is -2.09. The minimum Gasteiger partial charge on any atom is -0.507 e. The smallest absolute Gasteiger partial charge is 0.323 e. The van der Waals surface area contributed by atoms with Gasteiger partial charge in [0.25, 0.3) is 0 Å². The van der Waals surface area contributed by atoms with Gasteiger partial charge in [-0.2, -0.15) is 0 Å². The molecule has 0 aliphatic heterocycles. The predicted octanol–water partition coefficient (Wildman–Crippen LogP) is 4.29. The van der Waals surface area contributed by atoms with Gasteiger partial charge in [-0.25, -0.2) is 4.79 Å². The van der Waals surface area contributed by atoms with Crippen LogP contribution in [0.25, 0.3) is 10.4 Å². The molecule has 3 N–H and O–H groups in total. The summed E-state index contributed by atoms with van der Waals surface area (Å²) in [5, 5.41) is 18.0. The second-order valence-corrected chi connectivity index (χ2v) is 4.34. The molecule has 7 heteroatoms. The molecule has 0 spiro atoms. The molecule has 21 heavy (non-hydrogen) atoms. The highest BCUT2D eigenvalue weighted by molar-refractivity contribution is 6.00. The molecule has 0 unspecified atom stereocenters. The number of phenolic OH excluding ortho intramolecular Hbond substituents is 1. The number of nitrogens with zero attached hydrogens (tertiary/aromatic N) is 3. The highest BCUT2D eigenvalue weighted by atomic mass is 16.3. The van der Waals surface area contributed by atoms with Crippen LogP contribution in [0.4, 0.5) is 21.9 Å². The maximum atomic E-state index is 11.8. The van der Waals surface area contributed by atoms with Crippen molar-refractivity contribution in [1.29, 1.82) is 0 Å². The van der Waals surface area contributed by atoms with E-state index >= 15 is 0 Å². The molecule has 0 saturated heterocycles. The average molecular weight is 283 g/mol.